The van der Waals surface area contributed by atoms with Gasteiger partial charge in [0.15, 0.2) is 0 Å². The molecule has 0 fully saturated rings. The van der Waals surface area contributed by atoms with Crippen molar-refractivity contribution in [3.8, 4) is 11.6 Å². The molecule has 0 saturated heterocycles. The molecule has 0 saturated carbocycles. The predicted molar refractivity (Wildman–Crippen MR) is 102 cm³/mol. The normalized spacial score (nSPS) is 12.3. The first-order chi connectivity index (χ1) is 12.3. The van der Waals surface area contributed by atoms with Crippen LogP contribution in [-0.2, 0) is 6.42 Å². The SMILES string of the molecule is CC.Cc1cc(OCCNCCO)nn1-c1ccc2c(c1)C=CCC2. The van der Waals surface area contributed by atoms with Crippen molar-refractivity contribution < 1.29 is 9.84 Å². The Bertz CT molecular complexity index is 692. The van der Waals surface area contributed by atoms with E-state index in [1.54, 1.807) is 0 Å². The number of hydrogen-bond donors (Lipinski definition) is 2. The van der Waals surface area contributed by atoms with Gasteiger partial charge >= 0.3 is 0 Å². The van der Waals surface area contributed by atoms with E-state index in [0.717, 1.165) is 24.2 Å². The molecule has 0 amide bonds. The number of nitrogens with zero attached hydrogens (tertiary/aromatic N) is 2. The maximum absolute atomic E-state index is 8.71. The number of aromatic nitrogens is 2. The van der Waals surface area contributed by atoms with Gasteiger partial charge in [-0.1, -0.05) is 32.1 Å². The predicted octanol–water partition coefficient (Wildman–Crippen LogP) is 3.13. The Morgan fingerprint density at radius 3 is 2.88 bits per heavy atom. The molecule has 1 aromatic carbocycles. The molecule has 5 nitrogen and oxygen atoms in total. The van der Waals surface area contributed by atoms with Crippen LogP contribution in [0.5, 0.6) is 5.88 Å². The molecule has 5 heteroatoms. The van der Waals surface area contributed by atoms with Crippen LogP contribution in [0.25, 0.3) is 11.8 Å². The first kappa shape index (κ1) is 19.2. The number of aryl methyl sites for hydroxylation is 2. The van der Waals surface area contributed by atoms with E-state index in [1.807, 2.05) is 31.5 Å². The average molecular weight is 343 g/mol. The van der Waals surface area contributed by atoms with Gasteiger partial charge in [0.1, 0.15) is 6.61 Å². The summed E-state index contributed by atoms with van der Waals surface area (Å²) >= 11 is 0. The molecule has 1 heterocycles. The molecule has 0 bridgehead atoms. The second-order valence-corrected chi connectivity index (χ2v) is 5.68. The highest BCUT2D eigenvalue weighted by Gasteiger charge is 2.10. The summed E-state index contributed by atoms with van der Waals surface area (Å²) in [6.07, 6.45) is 6.64. The fourth-order valence-electron chi connectivity index (χ4n) is 2.76. The maximum Gasteiger partial charge on any atom is 0.233 e. The number of rotatable bonds is 7. The largest absolute Gasteiger partial charge is 0.475 e. The molecule has 1 aliphatic rings. The summed E-state index contributed by atoms with van der Waals surface area (Å²) in [6, 6.07) is 8.43. The molecule has 136 valence electrons. The highest BCUT2D eigenvalue weighted by Crippen LogP contribution is 2.24. The van der Waals surface area contributed by atoms with E-state index in [9.17, 15) is 0 Å². The number of benzene rings is 1. The summed E-state index contributed by atoms with van der Waals surface area (Å²) in [6.45, 7) is 7.97. The van der Waals surface area contributed by atoms with E-state index < -0.39 is 0 Å². The van der Waals surface area contributed by atoms with E-state index in [1.165, 1.54) is 11.1 Å². The van der Waals surface area contributed by atoms with Crippen LogP contribution in [0.3, 0.4) is 0 Å². The van der Waals surface area contributed by atoms with Crippen LogP contribution in [-0.4, -0.2) is 41.2 Å². The summed E-state index contributed by atoms with van der Waals surface area (Å²) in [5, 5.41) is 16.3. The van der Waals surface area contributed by atoms with Gasteiger partial charge < -0.3 is 15.2 Å². The van der Waals surface area contributed by atoms with Gasteiger partial charge in [0, 0.05) is 24.8 Å². The number of ether oxygens (including phenoxy) is 1. The fraction of sp³-hybridized carbons (Fsp3) is 0.450. The quantitative estimate of drug-likeness (QED) is 0.759. The topological polar surface area (TPSA) is 59.3 Å². The zero-order valence-electron chi connectivity index (χ0n) is 15.5. The van der Waals surface area contributed by atoms with Crippen molar-refractivity contribution in [2.45, 2.75) is 33.6 Å². The molecule has 0 aliphatic heterocycles. The van der Waals surface area contributed by atoms with E-state index in [-0.39, 0.29) is 6.61 Å². The lowest BCUT2D eigenvalue weighted by atomic mass is 9.97. The van der Waals surface area contributed by atoms with Crippen LogP contribution < -0.4 is 10.1 Å². The zero-order chi connectivity index (χ0) is 18.1. The van der Waals surface area contributed by atoms with Gasteiger partial charge in [0.05, 0.1) is 12.3 Å². The molecule has 2 aromatic rings. The van der Waals surface area contributed by atoms with Gasteiger partial charge in [-0.25, -0.2) is 4.68 Å². The summed E-state index contributed by atoms with van der Waals surface area (Å²) in [5.41, 5.74) is 4.77. The zero-order valence-corrected chi connectivity index (χ0v) is 15.5. The second kappa shape index (κ2) is 10.0. The van der Waals surface area contributed by atoms with Gasteiger partial charge in [-0.05, 0) is 43.0 Å². The van der Waals surface area contributed by atoms with Crippen molar-refractivity contribution in [2.75, 3.05) is 26.3 Å². The van der Waals surface area contributed by atoms with E-state index >= 15 is 0 Å². The van der Waals surface area contributed by atoms with Gasteiger partial charge in [0.2, 0.25) is 5.88 Å². The molecule has 0 radical (unpaired) electrons. The summed E-state index contributed by atoms with van der Waals surface area (Å²) in [5.74, 6) is 0.626. The van der Waals surface area contributed by atoms with Crippen molar-refractivity contribution in [3.63, 3.8) is 0 Å². The minimum absolute atomic E-state index is 0.139. The Morgan fingerprint density at radius 1 is 1.24 bits per heavy atom. The molecular formula is C20H29N3O2. The molecule has 0 spiro atoms. The smallest absolute Gasteiger partial charge is 0.233 e. The molecule has 1 aromatic heterocycles. The number of nitrogens with one attached hydrogen (secondary N) is 1. The van der Waals surface area contributed by atoms with Crippen molar-refractivity contribution in [2.24, 2.45) is 0 Å². The van der Waals surface area contributed by atoms with Crippen LogP contribution in [0.1, 0.15) is 37.1 Å². The molecule has 1 aliphatic carbocycles. The lowest BCUT2D eigenvalue weighted by molar-refractivity contribution is 0.271. The number of hydrogen-bond acceptors (Lipinski definition) is 4. The van der Waals surface area contributed by atoms with Crippen LogP contribution in [0.2, 0.25) is 0 Å². The van der Waals surface area contributed by atoms with Crippen LogP contribution in [0, 0.1) is 6.92 Å². The number of aliphatic hydroxyl groups excluding tert-OH is 1. The summed E-state index contributed by atoms with van der Waals surface area (Å²) in [4.78, 5) is 0. The van der Waals surface area contributed by atoms with Crippen molar-refractivity contribution in [1.82, 2.24) is 15.1 Å². The number of allylic oxidation sites excluding steroid dienone is 1. The number of fused-ring (bicyclic) bond motifs is 1. The average Bonchev–Trinajstić information content (AvgIpc) is 3.03. The van der Waals surface area contributed by atoms with Crippen molar-refractivity contribution in [3.05, 3.63) is 47.2 Å². The Morgan fingerprint density at radius 2 is 2.08 bits per heavy atom. The standard InChI is InChI=1S/C18H23N3O2.C2H6/c1-14-12-18(23-11-9-19-8-10-22)20-21(14)17-7-6-15-4-2-3-5-16(15)13-17;1-2/h3,5-7,12-13,19,22H,2,4,8-11H2,1H3;1-2H3. The fourth-order valence-corrected chi connectivity index (χ4v) is 2.76. The minimum atomic E-state index is 0.139. The van der Waals surface area contributed by atoms with Gasteiger partial charge in [-0.2, -0.15) is 0 Å². The summed E-state index contributed by atoms with van der Waals surface area (Å²) in [7, 11) is 0. The van der Waals surface area contributed by atoms with E-state index in [4.69, 9.17) is 9.84 Å². The molecule has 25 heavy (non-hydrogen) atoms. The van der Waals surface area contributed by atoms with Crippen LogP contribution >= 0.6 is 0 Å². The third-order valence-corrected chi connectivity index (χ3v) is 3.93. The van der Waals surface area contributed by atoms with E-state index in [0.29, 0.717) is 25.6 Å². The molecule has 0 unspecified atom stereocenters. The monoisotopic (exact) mass is 343 g/mol. The Hall–Kier alpha value is -2.11. The Balaban J connectivity index is 0.00000109. The molecule has 3 rings (SSSR count). The lowest BCUT2D eigenvalue weighted by Gasteiger charge is -2.12. The van der Waals surface area contributed by atoms with Crippen LogP contribution in [0.15, 0.2) is 30.3 Å². The second-order valence-electron chi connectivity index (χ2n) is 5.68. The lowest BCUT2D eigenvalue weighted by Crippen LogP contribution is -2.24. The highest BCUT2D eigenvalue weighted by molar-refractivity contribution is 5.59. The Labute approximate surface area is 150 Å². The number of aliphatic hydroxyl groups is 1. The molecule has 2 N–H and O–H groups in total. The first-order valence-electron chi connectivity index (χ1n) is 9.09. The van der Waals surface area contributed by atoms with Gasteiger partial charge in [-0.15, -0.1) is 5.10 Å². The third kappa shape index (κ3) is 5.18. The first-order valence-corrected chi connectivity index (χ1v) is 9.09. The Kier molecular flexibility index (Phi) is 7.70. The third-order valence-electron chi connectivity index (χ3n) is 3.93. The maximum atomic E-state index is 8.71. The summed E-state index contributed by atoms with van der Waals surface area (Å²) < 4.78 is 7.57. The van der Waals surface area contributed by atoms with Crippen molar-refractivity contribution >= 4 is 6.08 Å². The van der Waals surface area contributed by atoms with Crippen molar-refractivity contribution in [1.29, 1.82) is 0 Å². The van der Waals surface area contributed by atoms with Gasteiger partial charge in [-0.3, -0.25) is 0 Å². The minimum Gasteiger partial charge on any atom is -0.475 e. The molecule has 0 atom stereocenters. The van der Waals surface area contributed by atoms with Crippen LogP contribution in [0.4, 0.5) is 0 Å². The molecular weight excluding hydrogens is 314 g/mol. The van der Waals surface area contributed by atoms with Gasteiger partial charge in [0.25, 0.3) is 0 Å². The van der Waals surface area contributed by atoms with E-state index in [2.05, 4.69) is 40.8 Å². The highest BCUT2D eigenvalue weighted by atomic mass is 16.5.